The molecule has 0 atom stereocenters. The second kappa shape index (κ2) is 62.9. The van der Waals surface area contributed by atoms with Crippen molar-refractivity contribution < 1.29 is 209 Å². The van der Waals surface area contributed by atoms with E-state index in [9.17, 15) is 79.6 Å². The number of aldehydes is 1. The number of methoxy groups -OCH3 is 6. The minimum Gasteiger partial charge on any atom is -0.870 e. The number of aryl methyl sites for hydroxylation is 2. The van der Waals surface area contributed by atoms with Crippen LogP contribution in [0.4, 0.5) is 0 Å². The van der Waals surface area contributed by atoms with Crippen molar-refractivity contribution in [2.75, 3.05) is 69.6 Å². The SMILES string of the molecule is CCc1ccc(OC)cc1.COc1ccc(CCS(=O)(=O)c2ccccc2C(C)=O)cc1.COc1ccc(CN(C)S(=O)(=O)c2ccccc2C(C)=O)cc1.COc1ccc(CN(C)S(=O)(=O)c2ccccc2C=O)cc1.COc1ccc(CN(C)S(=O)(=O)c2ccccc2CO)cc1.COc1ccc(CN2C(=O)c3ccccc3S2(=O)=O)cc1.O=C1NS(=O)(=O)c2ccccc21.O=CO[O-].[K+].[K][K].[Na+].[OH-]. The summed E-state index contributed by atoms with van der Waals surface area (Å²) >= 11 is 2.50. The summed E-state index contributed by atoms with van der Waals surface area (Å²) in [6.07, 6.45) is 2.02. The second-order valence-electron chi connectivity index (χ2n) is 29.3. The zero-order valence-electron chi connectivity index (χ0n) is 80.8. The Hall–Kier alpha value is -7.77. The van der Waals surface area contributed by atoms with Crippen molar-refractivity contribution in [1.29, 1.82) is 0 Å². The van der Waals surface area contributed by atoms with Crippen molar-refractivity contribution in [2.45, 2.75) is 95.8 Å². The third-order valence-electron chi connectivity index (χ3n) is 20.3. The molecule has 0 aliphatic carbocycles. The Morgan fingerprint density at radius 3 is 1.11 bits per heavy atom. The van der Waals surface area contributed by atoms with Crippen LogP contribution in [0.5, 0.6) is 34.5 Å². The van der Waals surface area contributed by atoms with E-state index in [0.717, 1.165) is 55.8 Å². The van der Waals surface area contributed by atoms with Crippen LogP contribution in [0.1, 0.15) is 112 Å². The molecule has 3 N–H and O–H groups in total. The van der Waals surface area contributed by atoms with E-state index in [1.54, 1.807) is 213 Å². The summed E-state index contributed by atoms with van der Waals surface area (Å²) in [6, 6.07) is 81.4. The number of amides is 2. The zero-order valence-corrected chi connectivity index (χ0v) is 97.0. The monoisotopic (exact) mass is 2130 g/mol. The predicted octanol–water partition coefficient (Wildman–Crippen LogP) is 5.89. The minimum atomic E-state index is -3.76. The van der Waals surface area contributed by atoms with Crippen LogP contribution in [-0.2, 0) is 115 Å². The molecule has 0 fully saturated rings. The summed E-state index contributed by atoms with van der Waals surface area (Å²) in [4.78, 5) is 69.2. The van der Waals surface area contributed by atoms with Crippen molar-refractivity contribution in [3.63, 3.8) is 0 Å². The maximum atomic E-state index is 12.7. The Balaban J connectivity index is 0.000000422. The van der Waals surface area contributed by atoms with Crippen LogP contribution < -0.4 is 119 Å². The molecule has 0 aromatic heterocycles. The molecule has 33 nitrogen and oxygen atoms in total. The van der Waals surface area contributed by atoms with Crippen LogP contribution in [0, 0.1) is 0 Å². The van der Waals surface area contributed by atoms with E-state index < -0.39 is 71.8 Å². The number of sulfonamides is 5. The minimum absolute atomic E-state index is 0. The molecule has 2 aliphatic heterocycles. The van der Waals surface area contributed by atoms with Gasteiger partial charge in [0, 0.05) is 57.5 Å². The van der Waals surface area contributed by atoms with Gasteiger partial charge in [-0.2, -0.15) is 12.9 Å². The summed E-state index contributed by atoms with van der Waals surface area (Å²) in [6.45, 7) is 5.05. The molecule has 0 saturated heterocycles. The predicted molar refractivity (Wildman–Crippen MR) is 521 cm³/mol. The number of carbonyl (C=O) groups excluding carboxylic acids is 6. The molecule has 0 radical (unpaired) electrons. The van der Waals surface area contributed by atoms with E-state index in [4.69, 9.17) is 38.5 Å². The van der Waals surface area contributed by atoms with Crippen molar-refractivity contribution >= 4 is 159 Å². The summed E-state index contributed by atoms with van der Waals surface area (Å²) in [7, 11) is -7.89. The molecule has 14 rings (SSSR count). The summed E-state index contributed by atoms with van der Waals surface area (Å²) in [5, 5.41) is 17.7. The quantitative estimate of drug-likeness (QED) is 0.0174. The first-order valence-electron chi connectivity index (χ1n) is 42.1. The van der Waals surface area contributed by atoms with E-state index in [1.807, 2.05) is 53.3 Å². The molecule has 2 amide bonds. The van der Waals surface area contributed by atoms with E-state index in [0.29, 0.717) is 35.5 Å². The third kappa shape index (κ3) is 37.6. The normalized spacial score (nSPS) is 12.0. The molecule has 0 spiro atoms. The summed E-state index contributed by atoms with van der Waals surface area (Å²) < 4.78 is 185. The Bertz CT molecular complexity index is 6790. The molecule has 2 heterocycles. The fourth-order valence-electron chi connectivity index (χ4n) is 12.9. The number of rotatable bonds is 30. The average molecular weight is 2130 g/mol. The van der Waals surface area contributed by atoms with E-state index in [1.165, 1.54) is 177 Å². The van der Waals surface area contributed by atoms with Crippen LogP contribution in [0.15, 0.2) is 321 Å². The number of nitrogens with one attached hydrogen (secondary N) is 1. The first-order valence-corrected chi connectivity index (χ1v) is 67.0. The van der Waals surface area contributed by atoms with Crippen molar-refractivity contribution in [3.8, 4) is 34.5 Å². The Morgan fingerprint density at radius 2 is 0.745 bits per heavy atom. The van der Waals surface area contributed by atoms with Gasteiger partial charge < -0.3 is 49.1 Å². The van der Waals surface area contributed by atoms with Gasteiger partial charge in [-0.3, -0.25) is 28.8 Å². The number of carbonyl (C=O) groups is 6. The molecular formula is C98H105K3N5NaO28S6. The number of aliphatic hydroxyl groups excluding tert-OH is 1. The van der Waals surface area contributed by atoms with E-state index >= 15 is 0 Å². The standard InChI is InChI=1S/C17H19NO4S.C17H18O4S.C16H19NO4S.C16H17NO4S.C15H13NO4S.C9H12O.C7H5NO3S.CH2O3.3K.Na.H2O/c1-13(19)16-6-4-5-7-17(16)23(20,21)18(2)12-14-8-10-15(22-3)11-9-14;1-13(18)16-5-3-4-6-17(16)22(19,20)12-11-14-7-9-15(21-2)10-8-14;2*1-17(11-13-7-9-15(21-2)10-8-13)22(19,20)16-6-4-3-5-14(16)12-18;1-20-12-8-6-11(7-9-12)10-16-15(17)13-4-2-3-5-14(13)21(16,18)19;1-3-8-4-6-9(10-2)7-5-8;9-7-5-3-1-2-4-6(5)12(10,11)8-7;2-1-4-3;;;;;/h4-11H,12H2,1-3H3;3-10H,11-12H2,1-2H3;3-10,18H,11-12H2,1-2H3;3-10,12H,11H2,1-2H3;2-9H,10H2,1H3;4-7H,3H2,1-2H3;1-4H,(H,8,9);1,3H;;;;;1H2/q;;;;;;;;;;2*+1;/p-2. The molecule has 2 aliphatic rings. The topological polar surface area (TPSA) is 470 Å². The third-order valence-corrected chi connectivity index (χ3v) is 30.9. The Morgan fingerprint density at radius 1 is 0.433 bits per heavy atom. The first-order chi connectivity index (χ1) is 65.7. The molecule has 141 heavy (non-hydrogen) atoms. The molecule has 730 valence electrons. The van der Waals surface area contributed by atoms with Gasteiger partial charge in [0.2, 0.25) is 30.1 Å². The van der Waals surface area contributed by atoms with Crippen LogP contribution in [0.3, 0.4) is 0 Å². The number of hydrogen-bond acceptors (Lipinski definition) is 28. The maximum absolute atomic E-state index is 12.7. The molecule has 43 heteroatoms. The number of benzene rings is 12. The maximum Gasteiger partial charge on any atom is 1.00 e. The van der Waals surface area contributed by atoms with Crippen LogP contribution in [-0.4, -0.2) is 247 Å². The summed E-state index contributed by atoms with van der Waals surface area (Å²) in [5.74, 6) is 2.88. The van der Waals surface area contributed by atoms with Crippen molar-refractivity contribution in [3.05, 3.63) is 358 Å². The fraction of sp³-hybridized carbons (Fsp3) is 0.204. The van der Waals surface area contributed by atoms with E-state index in [2.05, 4.69) is 23.9 Å². The number of nitrogens with zero attached hydrogens (tertiary/aromatic N) is 4. The molecule has 12 aromatic rings. The van der Waals surface area contributed by atoms with E-state index in [-0.39, 0.29) is 200 Å². The van der Waals surface area contributed by atoms with Crippen LogP contribution in [0.25, 0.3) is 0 Å². The molecule has 0 unspecified atom stereocenters. The largest absolute Gasteiger partial charge is 1.00 e. The number of Topliss-reactive ketones (excluding diaryl/α,β-unsaturated/α-hetero) is 2. The van der Waals surface area contributed by atoms with Crippen molar-refractivity contribution in [1.82, 2.24) is 21.9 Å². The van der Waals surface area contributed by atoms with Gasteiger partial charge in [0.25, 0.3) is 38.3 Å². The number of aliphatic hydroxyl groups is 1. The Kier molecular flexibility index (Phi) is 56.8. The van der Waals surface area contributed by atoms with Crippen LogP contribution in [0.2, 0.25) is 0 Å². The Labute approximate surface area is 934 Å². The number of fused-ring (bicyclic) bond motifs is 2. The summed E-state index contributed by atoms with van der Waals surface area (Å²) in [5.41, 5.74) is 6.94. The average Bonchev–Trinajstić information content (AvgIpc) is 1.59. The van der Waals surface area contributed by atoms with Gasteiger partial charge >= 0.3 is 144 Å². The van der Waals surface area contributed by atoms with Gasteiger partial charge in [-0.15, -0.1) is 0 Å². The van der Waals surface area contributed by atoms with Gasteiger partial charge in [-0.1, -0.05) is 177 Å². The second-order valence-corrected chi connectivity index (χ2v) is 40.9. The zero-order chi connectivity index (χ0) is 102. The van der Waals surface area contributed by atoms with Gasteiger partial charge in [0.15, 0.2) is 27.7 Å². The number of hydrogen-bond donors (Lipinski definition) is 2. The van der Waals surface area contributed by atoms with Gasteiger partial charge in [-0.05, 0) is 187 Å². The molecule has 0 bridgehead atoms. The van der Waals surface area contributed by atoms with Crippen molar-refractivity contribution in [2.24, 2.45) is 0 Å². The number of ketones is 2. The molecular weight excluding hydrogens is 2030 g/mol. The fourth-order valence-corrected chi connectivity index (χ4v) is 21.2. The first kappa shape index (κ1) is 127. The smallest absolute Gasteiger partial charge is 0.870 e. The van der Waals surface area contributed by atoms with Crippen LogP contribution >= 0.6 is 0 Å². The number of sulfone groups is 1. The molecule has 0 saturated carbocycles. The van der Waals surface area contributed by atoms with Gasteiger partial charge in [0.1, 0.15) is 44.3 Å². The number of ether oxygens (including phenoxy) is 6. The van der Waals surface area contributed by atoms with Gasteiger partial charge in [0.05, 0.1) is 92.3 Å². The molecule has 12 aromatic carbocycles. The van der Waals surface area contributed by atoms with Gasteiger partial charge in [-0.25, -0.2) is 59.5 Å².